The molecule has 2 rings (SSSR count). The summed E-state index contributed by atoms with van der Waals surface area (Å²) >= 11 is 0. The van der Waals surface area contributed by atoms with Gasteiger partial charge in [0, 0.05) is 45.4 Å². The van der Waals surface area contributed by atoms with Crippen LogP contribution in [0.25, 0.3) is 0 Å². The lowest BCUT2D eigenvalue weighted by Gasteiger charge is -2.42. The van der Waals surface area contributed by atoms with Gasteiger partial charge in [-0.25, -0.2) is 0 Å². The molecule has 1 N–H and O–H groups in total. The molecule has 0 aliphatic carbocycles. The molecule has 1 aliphatic heterocycles. The Morgan fingerprint density at radius 3 is 2.68 bits per heavy atom. The van der Waals surface area contributed by atoms with E-state index in [0.29, 0.717) is 18.6 Å². The quantitative estimate of drug-likeness (QED) is 0.742. The SMILES string of the molecule is CCOc1cc(CN2CCN(CC(C)C)[C@H](CCO)C2)ccc1OC. The topological polar surface area (TPSA) is 45.2 Å². The molecule has 0 radical (unpaired) electrons. The number of hydrogen-bond donors (Lipinski definition) is 1. The highest BCUT2D eigenvalue weighted by molar-refractivity contribution is 5.43. The van der Waals surface area contributed by atoms with Crippen LogP contribution in [-0.2, 0) is 6.54 Å². The van der Waals surface area contributed by atoms with Gasteiger partial charge in [0.1, 0.15) is 0 Å². The zero-order valence-corrected chi connectivity index (χ0v) is 16.2. The van der Waals surface area contributed by atoms with Crippen molar-refractivity contribution in [3.05, 3.63) is 23.8 Å². The van der Waals surface area contributed by atoms with Crippen molar-refractivity contribution >= 4 is 0 Å². The first kappa shape index (κ1) is 20.0. The predicted octanol–water partition coefficient (Wildman–Crippen LogP) is 2.62. The normalized spacial score (nSPS) is 19.4. The van der Waals surface area contributed by atoms with Gasteiger partial charge in [0.15, 0.2) is 11.5 Å². The van der Waals surface area contributed by atoms with Gasteiger partial charge < -0.3 is 14.6 Å². The number of benzene rings is 1. The number of ether oxygens (including phenoxy) is 2. The van der Waals surface area contributed by atoms with Gasteiger partial charge in [-0.15, -0.1) is 0 Å². The maximum Gasteiger partial charge on any atom is 0.161 e. The molecule has 1 saturated heterocycles. The van der Waals surface area contributed by atoms with Gasteiger partial charge in [0.25, 0.3) is 0 Å². The Balaban J connectivity index is 2.01. The van der Waals surface area contributed by atoms with E-state index in [2.05, 4.69) is 35.8 Å². The third-order valence-corrected chi connectivity index (χ3v) is 4.68. The largest absolute Gasteiger partial charge is 0.493 e. The molecule has 1 heterocycles. The van der Waals surface area contributed by atoms with Crippen LogP contribution < -0.4 is 9.47 Å². The van der Waals surface area contributed by atoms with E-state index < -0.39 is 0 Å². The standard InChI is InChI=1S/C20H34N2O3/c1-5-25-20-12-17(6-7-19(20)24-4)14-21-9-10-22(13-16(2)3)18(15-21)8-11-23/h6-7,12,16,18,23H,5,8-11,13-15H2,1-4H3/t18-/m1/s1. The summed E-state index contributed by atoms with van der Waals surface area (Å²) < 4.78 is 11.1. The van der Waals surface area contributed by atoms with E-state index in [1.165, 1.54) is 5.56 Å². The molecule has 0 amide bonds. The van der Waals surface area contributed by atoms with Crippen LogP contribution in [0.3, 0.4) is 0 Å². The molecule has 1 atom stereocenters. The Labute approximate surface area is 152 Å². The molecule has 25 heavy (non-hydrogen) atoms. The van der Waals surface area contributed by atoms with E-state index in [4.69, 9.17) is 9.47 Å². The second kappa shape index (κ2) is 10.00. The van der Waals surface area contributed by atoms with Crippen LogP contribution in [0, 0.1) is 5.92 Å². The van der Waals surface area contributed by atoms with Crippen molar-refractivity contribution in [1.82, 2.24) is 9.80 Å². The molecule has 0 bridgehead atoms. The lowest BCUT2D eigenvalue weighted by Crippen LogP contribution is -2.53. The Morgan fingerprint density at radius 2 is 2.04 bits per heavy atom. The van der Waals surface area contributed by atoms with E-state index >= 15 is 0 Å². The number of hydrogen-bond acceptors (Lipinski definition) is 5. The van der Waals surface area contributed by atoms with Crippen LogP contribution in [0.1, 0.15) is 32.8 Å². The molecule has 5 nitrogen and oxygen atoms in total. The minimum absolute atomic E-state index is 0.254. The number of rotatable bonds is 9. The molecule has 0 aromatic heterocycles. The molecule has 142 valence electrons. The Hall–Kier alpha value is -1.30. The summed E-state index contributed by atoms with van der Waals surface area (Å²) in [5.41, 5.74) is 1.24. The molecule has 1 aliphatic rings. The average Bonchev–Trinajstić information content (AvgIpc) is 2.58. The second-order valence-electron chi connectivity index (χ2n) is 7.21. The summed E-state index contributed by atoms with van der Waals surface area (Å²) in [5.74, 6) is 2.25. The summed E-state index contributed by atoms with van der Waals surface area (Å²) in [6.45, 7) is 12.5. The summed E-state index contributed by atoms with van der Waals surface area (Å²) in [6.07, 6.45) is 0.843. The second-order valence-corrected chi connectivity index (χ2v) is 7.21. The number of piperazine rings is 1. The Morgan fingerprint density at radius 1 is 1.24 bits per heavy atom. The minimum atomic E-state index is 0.254. The van der Waals surface area contributed by atoms with Gasteiger partial charge in [0.05, 0.1) is 13.7 Å². The highest BCUT2D eigenvalue weighted by Crippen LogP contribution is 2.29. The first-order valence-electron chi connectivity index (χ1n) is 9.44. The average molecular weight is 351 g/mol. The fourth-order valence-electron chi connectivity index (χ4n) is 3.58. The third kappa shape index (κ3) is 5.87. The first-order chi connectivity index (χ1) is 12.1. The molecule has 1 fully saturated rings. The Kier molecular flexibility index (Phi) is 8.00. The van der Waals surface area contributed by atoms with Gasteiger partial charge in [-0.3, -0.25) is 9.80 Å². The van der Waals surface area contributed by atoms with Crippen LogP contribution in [0.15, 0.2) is 18.2 Å². The molecule has 0 saturated carbocycles. The van der Waals surface area contributed by atoms with Crippen molar-refractivity contribution in [3.63, 3.8) is 0 Å². The van der Waals surface area contributed by atoms with E-state index in [1.807, 2.05) is 13.0 Å². The maximum atomic E-state index is 9.42. The van der Waals surface area contributed by atoms with E-state index in [-0.39, 0.29) is 6.61 Å². The lowest BCUT2D eigenvalue weighted by molar-refractivity contribution is 0.0476. The summed E-state index contributed by atoms with van der Waals surface area (Å²) in [5, 5.41) is 9.42. The molecule has 0 unspecified atom stereocenters. The third-order valence-electron chi connectivity index (χ3n) is 4.68. The highest BCUT2D eigenvalue weighted by Gasteiger charge is 2.27. The van der Waals surface area contributed by atoms with Crippen LogP contribution in [-0.4, -0.2) is 67.5 Å². The summed E-state index contributed by atoms with van der Waals surface area (Å²) in [4.78, 5) is 5.02. The fourth-order valence-corrected chi connectivity index (χ4v) is 3.58. The van der Waals surface area contributed by atoms with Crippen LogP contribution in [0.4, 0.5) is 0 Å². The number of nitrogens with zero attached hydrogens (tertiary/aromatic N) is 2. The molecule has 1 aromatic carbocycles. The van der Waals surface area contributed by atoms with Crippen molar-refractivity contribution in [2.45, 2.75) is 39.8 Å². The molecule has 1 aromatic rings. The molecular formula is C20H34N2O3. The van der Waals surface area contributed by atoms with Gasteiger partial charge in [-0.1, -0.05) is 19.9 Å². The van der Waals surface area contributed by atoms with Gasteiger partial charge >= 0.3 is 0 Å². The van der Waals surface area contributed by atoms with Crippen molar-refractivity contribution in [2.24, 2.45) is 5.92 Å². The number of aliphatic hydroxyl groups is 1. The number of methoxy groups -OCH3 is 1. The van der Waals surface area contributed by atoms with Crippen LogP contribution in [0.2, 0.25) is 0 Å². The fraction of sp³-hybridized carbons (Fsp3) is 0.700. The Bertz CT molecular complexity index is 522. The monoisotopic (exact) mass is 350 g/mol. The minimum Gasteiger partial charge on any atom is -0.493 e. The van der Waals surface area contributed by atoms with Gasteiger partial charge in [-0.05, 0) is 37.0 Å². The van der Waals surface area contributed by atoms with Crippen molar-refractivity contribution in [2.75, 3.05) is 46.5 Å². The van der Waals surface area contributed by atoms with Crippen LogP contribution >= 0.6 is 0 Å². The van der Waals surface area contributed by atoms with Gasteiger partial charge in [0.2, 0.25) is 0 Å². The van der Waals surface area contributed by atoms with Crippen molar-refractivity contribution < 1.29 is 14.6 Å². The van der Waals surface area contributed by atoms with Crippen molar-refractivity contribution in [3.8, 4) is 11.5 Å². The smallest absolute Gasteiger partial charge is 0.161 e. The predicted molar refractivity (Wildman–Crippen MR) is 101 cm³/mol. The molecule has 5 heteroatoms. The zero-order chi connectivity index (χ0) is 18.2. The van der Waals surface area contributed by atoms with E-state index in [9.17, 15) is 5.11 Å². The highest BCUT2D eigenvalue weighted by atomic mass is 16.5. The number of aliphatic hydroxyl groups excluding tert-OH is 1. The molecular weight excluding hydrogens is 316 g/mol. The zero-order valence-electron chi connectivity index (χ0n) is 16.2. The summed E-state index contributed by atoms with van der Waals surface area (Å²) in [6, 6.07) is 6.62. The molecule has 0 spiro atoms. The summed E-state index contributed by atoms with van der Waals surface area (Å²) in [7, 11) is 1.67. The maximum absolute atomic E-state index is 9.42. The van der Waals surface area contributed by atoms with E-state index in [1.54, 1.807) is 7.11 Å². The van der Waals surface area contributed by atoms with E-state index in [0.717, 1.165) is 50.6 Å². The van der Waals surface area contributed by atoms with Gasteiger partial charge in [-0.2, -0.15) is 0 Å². The van der Waals surface area contributed by atoms with Crippen LogP contribution in [0.5, 0.6) is 11.5 Å². The van der Waals surface area contributed by atoms with Crippen molar-refractivity contribution in [1.29, 1.82) is 0 Å². The first-order valence-corrected chi connectivity index (χ1v) is 9.44. The lowest BCUT2D eigenvalue weighted by atomic mass is 10.1.